The summed E-state index contributed by atoms with van der Waals surface area (Å²) in [6.45, 7) is 5.20. The van der Waals surface area contributed by atoms with Crippen molar-refractivity contribution in [2.75, 3.05) is 18.4 Å². The van der Waals surface area contributed by atoms with Crippen LogP contribution in [0.25, 0.3) is 0 Å². The van der Waals surface area contributed by atoms with Gasteiger partial charge in [-0.3, -0.25) is 0 Å². The quantitative estimate of drug-likeness (QED) is 0.485. The van der Waals surface area contributed by atoms with Gasteiger partial charge in [-0.15, -0.1) is 23.2 Å². The molecule has 0 saturated heterocycles. The van der Waals surface area contributed by atoms with Crippen LogP contribution in [-0.4, -0.2) is 29.3 Å². The fraction of sp³-hybridized carbons (Fsp3) is 1.00. The molecule has 0 radical (unpaired) electrons. The lowest BCUT2D eigenvalue weighted by Gasteiger charge is -2.19. The molecule has 2 atom stereocenters. The van der Waals surface area contributed by atoms with E-state index < -0.39 is 0 Å². The van der Waals surface area contributed by atoms with Gasteiger partial charge in [-0.05, 0) is 18.8 Å². The van der Waals surface area contributed by atoms with Crippen molar-refractivity contribution >= 4 is 39.1 Å². The number of alkyl halides is 3. The van der Waals surface area contributed by atoms with Crippen LogP contribution in [0.15, 0.2) is 0 Å². The molecule has 0 aliphatic rings. The predicted octanol–water partition coefficient (Wildman–Crippen LogP) is 4.05. The zero-order valence-corrected chi connectivity index (χ0v) is 11.9. The molecule has 0 heterocycles. The molecule has 4 heteroatoms. The maximum Gasteiger partial charge on any atom is 0.0846 e. The topological polar surface area (TPSA) is 9.23 Å². The second-order valence-corrected chi connectivity index (χ2v) is 5.56. The van der Waals surface area contributed by atoms with E-state index in [1.165, 1.54) is 6.42 Å². The first kappa shape index (κ1) is 15.0. The van der Waals surface area contributed by atoms with Gasteiger partial charge < -0.3 is 4.74 Å². The molecule has 0 saturated carbocycles. The molecule has 0 bridgehead atoms. The van der Waals surface area contributed by atoms with E-state index in [4.69, 9.17) is 27.9 Å². The number of hydrogen-bond donors (Lipinski definition) is 0. The number of halogens is 3. The van der Waals surface area contributed by atoms with Crippen LogP contribution in [0.2, 0.25) is 0 Å². The second-order valence-electron chi connectivity index (χ2n) is 3.77. The Labute approximate surface area is 106 Å². The van der Waals surface area contributed by atoms with Gasteiger partial charge in [0.15, 0.2) is 0 Å². The summed E-state index contributed by atoms with van der Waals surface area (Å²) in [6.07, 6.45) is 2.32. The molecule has 0 fully saturated rings. The average Bonchev–Trinajstić information content (AvgIpc) is 2.16. The van der Waals surface area contributed by atoms with Crippen molar-refractivity contribution in [2.45, 2.75) is 37.6 Å². The SMILES string of the molecule is CC(C)CCCOC(CCl)C(Br)CCl. The van der Waals surface area contributed by atoms with Crippen molar-refractivity contribution < 1.29 is 4.74 Å². The Morgan fingerprint density at radius 3 is 2.29 bits per heavy atom. The highest BCUT2D eigenvalue weighted by molar-refractivity contribution is 9.09. The summed E-state index contributed by atoms with van der Waals surface area (Å²) < 4.78 is 5.63. The van der Waals surface area contributed by atoms with Gasteiger partial charge in [0.05, 0.1) is 10.9 Å². The van der Waals surface area contributed by atoms with Gasteiger partial charge in [0.25, 0.3) is 0 Å². The number of rotatable bonds is 8. The summed E-state index contributed by atoms with van der Waals surface area (Å²) in [4.78, 5) is 0.153. The minimum absolute atomic E-state index is 0.0290. The third-order valence-corrected chi connectivity index (χ3v) is 3.88. The minimum atomic E-state index is 0.0290. The molecular weight excluding hydrogens is 287 g/mol. The van der Waals surface area contributed by atoms with Crippen molar-refractivity contribution in [3.05, 3.63) is 0 Å². The van der Waals surface area contributed by atoms with Crippen LogP contribution in [0.4, 0.5) is 0 Å². The molecule has 2 unspecified atom stereocenters. The first-order chi connectivity index (χ1) is 6.61. The van der Waals surface area contributed by atoms with E-state index >= 15 is 0 Å². The van der Waals surface area contributed by atoms with Crippen LogP contribution in [0.5, 0.6) is 0 Å². The summed E-state index contributed by atoms with van der Waals surface area (Å²) in [5.74, 6) is 1.76. The summed E-state index contributed by atoms with van der Waals surface area (Å²) in [5, 5.41) is 0. The second kappa shape index (κ2) is 9.26. The van der Waals surface area contributed by atoms with E-state index in [2.05, 4.69) is 29.8 Å². The van der Waals surface area contributed by atoms with Crippen molar-refractivity contribution in [1.82, 2.24) is 0 Å². The third-order valence-electron chi connectivity index (χ3n) is 1.96. The summed E-state index contributed by atoms with van der Waals surface area (Å²) in [5.41, 5.74) is 0. The van der Waals surface area contributed by atoms with Gasteiger partial charge in [-0.25, -0.2) is 0 Å². The molecule has 0 N–H and O–H groups in total. The van der Waals surface area contributed by atoms with Gasteiger partial charge in [-0.2, -0.15) is 0 Å². The van der Waals surface area contributed by atoms with E-state index in [9.17, 15) is 0 Å². The normalized spacial score (nSPS) is 15.9. The van der Waals surface area contributed by atoms with Crippen LogP contribution in [0.1, 0.15) is 26.7 Å². The third kappa shape index (κ3) is 7.33. The van der Waals surface area contributed by atoms with Crippen LogP contribution in [0.3, 0.4) is 0 Å². The molecule has 0 aromatic carbocycles. The standard InChI is InChI=1S/C10H19BrCl2O/c1-8(2)4-3-5-14-10(7-13)9(11)6-12/h8-10H,3-7H2,1-2H3. The highest BCUT2D eigenvalue weighted by Crippen LogP contribution is 2.14. The average molecular weight is 306 g/mol. The highest BCUT2D eigenvalue weighted by atomic mass is 79.9. The zero-order valence-electron chi connectivity index (χ0n) is 8.81. The summed E-state index contributed by atoms with van der Waals surface area (Å²) >= 11 is 14.9. The van der Waals surface area contributed by atoms with Crippen LogP contribution < -0.4 is 0 Å². The minimum Gasteiger partial charge on any atom is -0.376 e. The lowest BCUT2D eigenvalue weighted by molar-refractivity contribution is 0.0670. The van der Waals surface area contributed by atoms with Gasteiger partial charge >= 0.3 is 0 Å². The number of ether oxygens (including phenoxy) is 1. The van der Waals surface area contributed by atoms with Gasteiger partial charge in [0.2, 0.25) is 0 Å². The van der Waals surface area contributed by atoms with E-state index in [1.807, 2.05) is 0 Å². The predicted molar refractivity (Wildman–Crippen MR) is 68.0 cm³/mol. The fourth-order valence-electron chi connectivity index (χ4n) is 1.07. The van der Waals surface area contributed by atoms with Crippen LogP contribution in [-0.2, 0) is 4.74 Å². The van der Waals surface area contributed by atoms with Gasteiger partial charge in [0, 0.05) is 18.4 Å². The Bertz CT molecular complexity index is 133. The Morgan fingerprint density at radius 2 is 1.86 bits per heavy atom. The first-order valence-electron chi connectivity index (χ1n) is 4.99. The summed E-state index contributed by atoms with van der Waals surface area (Å²) in [7, 11) is 0. The lowest BCUT2D eigenvalue weighted by atomic mass is 10.1. The molecule has 0 aromatic heterocycles. The molecule has 86 valence electrons. The van der Waals surface area contributed by atoms with Crippen LogP contribution >= 0.6 is 39.1 Å². The lowest BCUT2D eigenvalue weighted by Crippen LogP contribution is -2.28. The fourth-order valence-corrected chi connectivity index (χ4v) is 2.13. The summed E-state index contributed by atoms with van der Waals surface area (Å²) in [6, 6.07) is 0. The van der Waals surface area contributed by atoms with Crippen molar-refractivity contribution in [3.8, 4) is 0 Å². The Hall–Kier alpha value is 1.02. The Kier molecular flexibility index (Phi) is 9.94. The van der Waals surface area contributed by atoms with Gasteiger partial charge in [0.1, 0.15) is 0 Å². The maximum absolute atomic E-state index is 5.77. The first-order valence-corrected chi connectivity index (χ1v) is 6.97. The molecule has 0 aliphatic heterocycles. The molecule has 0 aliphatic carbocycles. The van der Waals surface area contributed by atoms with Crippen molar-refractivity contribution in [2.24, 2.45) is 5.92 Å². The molecule has 1 nitrogen and oxygen atoms in total. The largest absolute Gasteiger partial charge is 0.376 e. The maximum atomic E-state index is 5.77. The van der Waals surface area contributed by atoms with E-state index in [0.717, 1.165) is 18.9 Å². The van der Waals surface area contributed by atoms with E-state index in [0.29, 0.717) is 11.8 Å². The van der Waals surface area contributed by atoms with E-state index in [-0.39, 0.29) is 10.9 Å². The molecule has 0 aromatic rings. The monoisotopic (exact) mass is 304 g/mol. The molecular formula is C10H19BrCl2O. The van der Waals surface area contributed by atoms with Crippen molar-refractivity contribution in [3.63, 3.8) is 0 Å². The van der Waals surface area contributed by atoms with E-state index in [1.54, 1.807) is 0 Å². The molecule has 0 spiro atoms. The van der Waals surface area contributed by atoms with Gasteiger partial charge in [-0.1, -0.05) is 29.8 Å². The Morgan fingerprint density at radius 1 is 1.21 bits per heavy atom. The zero-order chi connectivity index (χ0) is 11.0. The van der Waals surface area contributed by atoms with Crippen LogP contribution in [0, 0.1) is 5.92 Å². The molecule has 0 amide bonds. The smallest absolute Gasteiger partial charge is 0.0846 e. The Balaban J connectivity index is 3.52. The van der Waals surface area contributed by atoms with Crippen molar-refractivity contribution in [1.29, 1.82) is 0 Å². The molecule has 0 rings (SSSR count). The molecule has 14 heavy (non-hydrogen) atoms. The number of hydrogen-bond acceptors (Lipinski definition) is 1. The highest BCUT2D eigenvalue weighted by Gasteiger charge is 2.17.